The lowest BCUT2D eigenvalue weighted by Gasteiger charge is -2.33. The average Bonchev–Trinajstić information content (AvgIpc) is 1.77. The van der Waals surface area contributed by atoms with Crippen LogP contribution >= 0.6 is 69.6 Å². The Hall–Kier alpha value is 1.49. The van der Waals surface area contributed by atoms with Crippen LogP contribution in [0.25, 0.3) is 0 Å². The predicted molar refractivity (Wildman–Crippen MR) is 56.1 cm³/mol. The summed E-state index contributed by atoms with van der Waals surface area (Å²) >= 11 is 29.7. The maximum Gasteiger partial charge on any atom is 0.391 e. The van der Waals surface area contributed by atoms with Gasteiger partial charge in [0.1, 0.15) is 0 Å². The zero-order valence-corrected chi connectivity index (χ0v) is 11.3. The first-order valence-electron chi connectivity index (χ1n) is 3.11. The van der Waals surface area contributed by atoms with Crippen molar-refractivity contribution in [2.24, 2.45) is 0 Å². The molecule has 0 aliphatic rings. The first-order chi connectivity index (χ1) is 6.21. The Morgan fingerprint density at radius 2 is 1.20 bits per heavy atom. The zero-order valence-electron chi connectivity index (χ0n) is 6.81. The molecule has 10 heteroatoms. The van der Waals surface area contributed by atoms with Gasteiger partial charge in [0.25, 0.3) is 3.79 Å². The van der Waals surface area contributed by atoms with Gasteiger partial charge < -0.3 is 0 Å². The van der Waals surface area contributed by atoms with Gasteiger partial charge >= 0.3 is 11.4 Å². The monoisotopic (exact) mass is 346 g/mol. The molecule has 0 amide bonds. The van der Waals surface area contributed by atoms with Crippen LogP contribution in [0.4, 0.5) is 13.2 Å². The first-order valence-corrected chi connectivity index (χ1v) is 5.38. The van der Waals surface area contributed by atoms with Crippen LogP contribution < -0.4 is 0 Å². The number of rotatable bonds is 3. The van der Waals surface area contributed by atoms with Gasteiger partial charge in [-0.15, -0.1) is 0 Å². The number of hydrogen-bond donors (Lipinski definition) is 0. The summed E-state index contributed by atoms with van der Waals surface area (Å²) in [7, 11) is 0. The maximum atomic E-state index is 13.2. The van der Waals surface area contributed by atoms with Gasteiger partial charge in [0.2, 0.25) is 4.33 Å². The third-order valence-corrected chi connectivity index (χ3v) is 2.92. The highest BCUT2D eigenvalue weighted by Crippen LogP contribution is 2.50. The third kappa shape index (κ3) is 4.34. The minimum atomic E-state index is -4.35. The van der Waals surface area contributed by atoms with E-state index >= 15 is 0 Å². The predicted octanol–water partition coefficient (Wildman–Crippen LogP) is 5.02. The van der Waals surface area contributed by atoms with E-state index in [0.717, 1.165) is 0 Å². The summed E-state index contributed by atoms with van der Waals surface area (Å²) in [4.78, 5) is 0. The van der Waals surface area contributed by atoms with Crippen LogP contribution in [0.5, 0.6) is 0 Å². The van der Waals surface area contributed by atoms with E-state index in [1.165, 1.54) is 0 Å². The van der Waals surface area contributed by atoms with Gasteiger partial charge in [0, 0.05) is 0 Å². The molecule has 0 radical (unpaired) electrons. The van der Waals surface area contributed by atoms with E-state index in [2.05, 4.69) is 4.74 Å². The quantitative estimate of drug-likeness (QED) is 0.650. The van der Waals surface area contributed by atoms with Crippen molar-refractivity contribution in [2.45, 2.75) is 26.5 Å². The van der Waals surface area contributed by atoms with E-state index < -0.39 is 19.5 Å². The van der Waals surface area contributed by atoms with Gasteiger partial charge in [-0.05, 0) is 18.5 Å². The molecule has 0 rings (SSSR count). The summed E-state index contributed by atoms with van der Waals surface area (Å²) in [5, 5.41) is -3.77. The normalized spacial score (nSPS) is 18.8. The van der Waals surface area contributed by atoms with Crippen LogP contribution in [0.15, 0.2) is 0 Å². The maximum absolute atomic E-state index is 13.2. The minimum absolute atomic E-state index is 0.654. The summed E-state index contributed by atoms with van der Waals surface area (Å²) in [5.41, 5.74) is 0. The Kier molecular flexibility index (Phi) is 5.10. The Bertz CT molecular complexity index is 208. The van der Waals surface area contributed by atoms with Crippen LogP contribution in [0.2, 0.25) is 0 Å². The van der Waals surface area contributed by atoms with Crippen molar-refractivity contribution in [3.8, 4) is 0 Å². The van der Waals surface area contributed by atoms with E-state index in [1.807, 2.05) is 0 Å². The molecule has 0 saturated carbocycles. The van der Waals surface area contributed by atoms with Crippen molar-refractivity contribution in [1.29, 1.82) is 0 Å². The standard InChI is InChI=1S/C5H3Cl6F3O/c1-2(6,7)5(13,14)15-4(11,12)3(8,9)10/h1H3. The zero-order chi connectivity index (χ0) is 12.7. The van der Waals surface area contributed by atoms with Crippen molar-refractivity contribution in [2.75, 3.05) is 0 Å². The second-order valence-corrected chi connectivity index (χ2v) is 6.99. The molecule has 0 aliphatic carbocycles. The molecular formula is C5H3Cl6F3O. The Labute approximate surface area is 114 Å². The number of halogens is 9. The molecule has 0 N–H and O–H groups in total. The summed E-state index contributed by atoms with van der Waals surface area (Å²) in [6.07, 6.45) is -4.35. The second kappa shape index (κ2) is 4.63. The number of hydrogen-bond acceptors (Lipinski definition) is 1. The summed E-state index contributed by atoms with van der Waals surface area (Å²) in [5.74, 6) is 0. The van der Waals surface area contributed by atoms with Gasteiger partial charge in [0.05, 0.1) is 0 Å². The molecule has 0 saturated heterocycles. The fraction of sp³-hybridized carbons (Fsp3) is 1.00. The molecule has 0 fully saturated rings. The smallest absolute Gasteiger partial charge is 0.263 e. The van der Waals surface area contributed by atoms with Crippen LogP contribution in [-0.2, 0) is 4.74 Å². The van der Waals surface area contributed by atoms with Crippen molar-refractivity contribution >= 4 is 69.6 Å². The number of ether oxygens (including phenoxy) is 1. The molecular weight excluding hydrogens is 346 g/mol. The van der Waals surface area contributed by atoms with Crippen molar-refractivity contribution < 1.29 is 17.9 Å². The second-order valence-electron chi connectivity index (χ2n) is 2.52. The molecule has 1 nitrogen and oxygen atoms in total. The minimum Gasteiger partial charge on any atom is -0.263 e. The molecule has 0 bridgehead atoms. The van der Waals surface area contributed by atoms with Gasteiger partial charge in [-0.3, -0.25) is 4.74 Å². The fourth-order valence-corrected chi connectivity index (χ4v) is 0.598. The largest absolute Gasteiger partial charge is 0.391 e. The topological polar surface area (TPSA) is 9.23 Å². The number of alkyl halides is 9. The Morgan fingerprint density at radius 3 is 1.40 bits per heavy atom. The molecule has 1 atom stereocenters. The molecule has 0 spiro atoms. The highest BCUT2D eigenvalue weighted by atomic mass is 35.6. The highest BCUT2D eigenvalue weighted by Gasteiger charge is 2.61. The van der Waals surface area contributed by atoms with Crippen molar-refractivity contribution in [3.63, 3.8) is 0 Å². The molecule has 92 valence electrons. The van der Waals surface area contributed by atoms with E-state index in [1.54, 1.807) is 0 Å². The summed E-state index contributed by atoms with van der Waals surface area (Å²) in [6.45, 7) is 0.654. The molecule has 0 aromatic carbocycles. The molecule has 0 aromatic heterocycles. The third-order valence-electron chi connectivity index (χ3n) is 1.10. The molecule has 0 heterocycles. The average molecular weight is 349 g/mol. The SMILES string of the molecule is CC(Cl)(Cl)C(F)(F)OC(F)(Cl)C(Cl)(Cl)Cl. The summed E-state index contributed by atoms with van der Waals surface area (Å²) in [6, 6.07) is 0. The van der Waals surface area contributed by atoms with Crippen LogP contribution in [0.1, 0.15) is 6.92 Å². The van der Waals surface area contributed by atoms with Gasteiger partial charge in [-0.25, -0.2) is 0 Å². The van der Waals surface area contributed by atoms with Gasteiger partial charge in [-0.1, -0.05) is 58.0 Å². The van der Waals surface area contributed by atoms with E-state index in [-0.39, 0.29) is 0 Å². The lowest BCUT2D eigenvalue weighted by atomic mass is 10.4. The van der Waals surface area contributed by atoms with Crippen molar-refractivity contribution in [3.05, 3.63) is 0 Å². The molecule has 0 aliphatic heterocycles. The molecule has 1 unspecified atom stereocenters. The van der Waals surface area contributed by atoms with E-state index in [4.69, 9.17) is 69.6 Å². The van der Waals surface area contributed by atoms with Gasteiger partial charge in [0.15, 0.2) is 0 Å². The molecule has 15 heavy (non-hydrogen) atoms. The van der Waals surface area contributed by atoms with Crippen LogP contribution in [0.3, 0.4) is 0 Å². The van der Waals surface area contributed by atoms with Crippen molar-refractivity contribution in [1.82, 2.24) is 0 Å². The van der Waals surface area contributed by atoms with Gasteiger partial charge in [-0.2, -0.15) is 13.2 Å². The lowest BCUT2D eigenvalue weighted by molar-refractivity contribution is -0.306. The fourth-order valence-electron chi connectivity index (χ4n) is 0.308. The van der Waals surface area contributed by atoms with Crippen LogP contribution in [0, 0.1) is 0 Å². The van der Waals surface area contributed by atoms with E-state index in [0.29, 0.717) is 6.92 Å². The lowest BCUT2D eigenvalue weighted by Crippen LogP contribution is -2.48. The summed E-state index contributed by atoms with van der Waals surface area (Å²) < 4.78 is 36.9. The highest BCUT2D eigenvalue weighted by molar-refractivity contribution is 6.70. The van der Waals surface area contributed by atoms with Crippen LogP contribution in [-0.4, -0.2) is 19.5 Å². The van der Waals surface area contributed by atoms with E-state index in [9.17, 15) is 13.2 Å². The Morgan fingerprint density at radius 1 is 0.867 bits per heavy atom. The first kappa shape index (κ1) is 16.5. The molecule has 0 aromatic rings. The Balaban J connectivity index is 4.89.